The van der Waals surface area contributed by atoms with Crippen molar-refractivity contribution in [3.05, 3.63) is 29.6 Å². The molecule has 2 aromatic heterocycles. The Bertz CT molecular complexity index is 899. The number of likely N-dealkylation sites (N-methyl/N-ethyl adjacent to an activating group) is 1. The van der Waals surface area contributed by atoms with Crippen molar-refractivity contribution in [1.82, 2.24) is 19.3 Å². The van der Waals surface area contributed by atoms with Crippen LogP contribution in [0, 0.1) is 6.92 Å². The molecule has 1 unspecified atom stereocenters. The number of anilines is 1. The molecule has 10 heteroatoms. The maximum absolute atomic E-state index is 13.1. The fourth-order valence-electron chi connectivity index (χ4n) is 3.77. The predicted octanol–water partition coefficient (Wildman–Crippen LogP) is 2.70. The molecule has 0 aliphatic carbocycles. The third kappa shape index (κ3) is 4.97. The van der Waals surface area contributed by atoms with E-state index in [4.69, 9.17) is 8.94 Å². The lowest BCUT2D eigenvalue weighted by Crippen LogP contribution is -2.57. The fourth-order valence-corrected chi connectivity index (χ4v) is 4.50. The first kappa shape index (κ1) is 23.8. The van der Waals surface area contributed by atoms with E-state index in [2.05, 4.69) is 20.4 Å². The molecule has 31 heavy (non-hydrogen) atoms. The molecule has 1 amide bonds. The Kier molecular flexibility index (Phi) is 6.85. The van der Waals surface area contributed by atoms with Crippen molar-refractivity contribution >= 4 is 23.2 Å². The second-order valence-electron chi connectivity index (χ2n) is 9.15. The summed E-state index contributed by atoms with van der Waals surface area (Å²) in [5.74, 6) is 1.38. The Morgan fingerprint density at radius 2 is 1.97 bits per heavy atom. The van der Waals surface area contributed by atoms with E-state index in [0.29, 0.717) is 23.2 Å². The van der Waals surface area contributed by atoms with E-state index >= 15 is 0 Å². The normalized spacial score (nSPS) is 17.8. The van der Waals surface area contributed by atoms with Gasteiger partial charge in [0.05, 0.1) is 22.8 Å². The van der Waals surface area contributed by atoms with E-state index in [1.807, 2.05) is 39.0 Å². The molecule has 0 bridgehead atoms. The van der Waals surface area contributed by atoms with Crippen LogP contribution in [-0.4, -0.2) is 67.8 Å². The zero-order valence-corrected chi connectivity index (χ0v) is 20.2. The fraction of sp³-hybridized carbons (Fsp3) is 0.667. The topological polar surface area (TPSA) is 111 Å². The molecule has 3 rings (SSSR count). The molecule has 172 valence electrons. The van der Waals surface area contributed by atoms with Crippen LogP contribution in [0.25, 0.3) is 0 Å². The summed E-state index contributed by atoms with van der Waals surface area (Å²) in [7, 11) is 1.96. The average molecular weight is 452 g/mol. The summed E-state index contributed by atoms with van der Waals surface area (Å²) in [5.41, 5.74) is -0.666. The second-order valence-corrected chi connectivity index (χ2v) is 10.5. The Hall–Kier alpha value is -1.88. The Labute approximate surface area is 186 Å². The van der Waals surface area contributed by atoms with Crippen LogP contribution < -0.4 is 5.32 Å². The standard InChI is InChI=1S/C21H33N5O4S/c1-14-22-13-17(29-14)20(2,3)16-12-18(30-24-16)23-19(27)21(4,5)25(6)15-8-10-26(11-9-15)31(7)28/h12-13,15H,8-11H2,1-7H3,(H,23,27). The third-order valence-electron chi connectivity index (χ3n) is 6.40. The van der Waals surface area contributed by atoms with E-state index in [0.717, 1.165) is 25.9 Å². The molecule has 1 atom stereocenters. The van der Waals surface area contributed by atoms with Crippen LogP contribution >= 0.6 is 0 Å². The number of carbonyl (C=O) groups is 1. The van der Waals surface area contributed by atoms with Crippen molar-refractivity contribution in [1.29, 1.82) is 0 Å². The summed E-state index contributed by atoms with van der Waals surface area (Å²) in [5, 5.41) is 7.01. The van der Waals surface area contributed by atoms with Gasteiger partial charge in [0.15, 0.2) is 5.89 Å². The van der Waals surface area contributed by atoms with Crippen LogP contribution in [0.1, 0.15) is 57.9 Å². The number of amides is 1. The number of nitrogens with one attached hydrogen (secondary N) is 1. The minimum absolute atomic E-state index is 0.174. The van der Waals surface area contributed by atoms with Gasteiger partial charge in [0, 0.05) is 43.5 Å². The van der Waals surface area contributed by atoms with Crippen LogP contribution in [0.15, 0.2) is 21.2 Å². The maximum atomic E-state index is 13.1. The number of aryl methyl sites for hydroxylation is 1. The number of nitrogens with zero attached hydrogens (tertiary/aromatic N) is 4. The maximum Gasteiger partial charge on any atom is 0.246 e. The highest BCUT2D eigenvalue weighted by Crippen LogP contribution is 2.33. The summed E-state index contributed by atoms with van der Waals surface area (Å²) < 4.78 is 24.7. The van der Waals surface area contributed by atoms with E-state index in [1.54, 1.807) is 25.4 Å². The first-order chi connectivity index (χ1) is 14.4. The van der Waals surface area contributed by atoms with Gasteiger partial charge in [0.2, 0.25) is 11.8 Å². The van der Waals surface area contributed by atoms with E-state index < -0.39 is 22.3 Å². The van der Waals surface area contributed by atoms with Gasteiger partial charge in [-0.05, 0) is 47.6 Å². The summed E-state index contributed by atoms with van der Waals surface area (Å²) in [6.07, 6.45) is 5.12. The van der Waals surface area contributed by atoms with Gasteiger partial charge < -0.3 is 13.5 Å². The van der Waals surface area contributed by atoms with Crippen LogP contribution in [0.5, 0.6) is 0 Å². The number of carbonyl (C=O) groups excluding carboxylic acids is 1. The van der Waals surface area contributed by atoms with Crippen LogP contribution in [0.2, 0.25) is 0 Å². The number of piperidine rings is 1. The summed E-state index contributed by atoms with van der Waals surface area (Å²) in [6, 6.07) is 1.96. The third-order valence-corrected chi connectivity index (χ3v) is 7.49. The van der Waals surface area contributed by atoms with Gasteiger partial charge in [-0.3, -0.25) is 15.0 Å². The van der Waals surface area contributed by atoms with E-state index in [9.17, 15) is 9.35 Å². The Morgan fingerprint density at radius 3 is 2.52 bits per heavy atom. The Balaban J connectivity index is 1.65. The molecule has 1 fully saturated rings. The average Bonchev–Trinajstić information content (AvgIpc) is 3.37. The molecule has 1 saturated heterocycles. The van der Waals surface area contributed by atoms with Crippen molar-refractivity contribution in [2.24, 2.45) is 0 Å². The first-order valence-corrected chi connectivity index (χ1v) is 12.0. The van der Waals surface area contributed by atoms with Crippen molar-refractivity contribution in [3.8, 4) is 0 Å². The van der Waals surface area contributed by atoms with Crippen molar-refractivity contribution in [2.75, 3.05) is 31.7 Å². The van der Waals surface area contributed by atoms with Crippen molar-refractivity contribution in [3.63, 3.8) is 0 Å². The summed E-state index contributed by atoms with van der Waals surface area (Å²) >= 11 is -0.949. The van der Waals surface area contributed by atoms with Gasteiger partial charge in [0.1, 0.15) is 12.0 Å². The lowest BCUT2D eigenvalue weighted by molar-refractivity contribution is -0.127. The largest absolute Gasteiger partial charge is 0.598 e. The van der Waals surface area contributed by atoms with Crippen LogP contribution in [-0.2, 0) is 21.6 Å². The minimum atomic E-state index is -0.949. The molecule has 1 aliphatic rings. The number of aromatic nitrogens is 2. The van der Waals surface area contributed by atoms with Gasteiger partial charge >= 0.3 is 0 Å². The molecule has 9 nitrogen and oxygen atoms in total. The van der Waals surface area contributed by atoms with Gasteiger partial charge in [-0.1, -0.05) is 5.16 Å². The van der Waals surface area contributed by atoms with Crippen molar-refractivity contribution in [2.45, 2.75) is 64.5 Å². The second kappa shape index (κ2) is 8.93. The van der Waals surface area contributed by atoms with Gasteiger partial charge in [-0.15, -0.1) is 4.31 Å². The first-order valence-electron chi connectivity index (χ1n) is 10.5. The molecule has 0 aromatic carbocycles. The van der Waals surface area contributed by atoms with Gasteiger partial charge in [0.25, 0.3) is 0 Å². The van der Waals surface area contributed by atoms with E-state index in [1.165, 1.54) is 0 Å². The molecular weight excluding hydrogens is 418 g/mol. The predicted molar refractivity (Wildman–Crippen MR) is 119 cm³/mol. The molecule has 0 radical (unpaired) electrons. The van der Waals surface area contributed by atoms with Crippen LogP contribution in [0.4, 0.5) is 5.88 Å². The molecule has 1 aliphatic heterocycles. The zero-order chi connectivity index (χ0) is 23.0. The summed E-state index contributed by atoms with van der Waals surface area (Å²) in [6.45, 7) is 11.0. The van der Waals surface area contributed by atoms with Crippen LogP contribution in [0.3, 0.4) is 0 Å². The van der Waals surface area contributed by atoms with E-state index in [-0.39, 0.29) is 11.9 Å². The van der Waals surface area contributed by atoms with Crippen molar-refractivity contribution < 1.29 is 18.3 Å². The highest BCUT2D eigenvalue weighted by atomic mass is 32.2. The van der Waals surface area contributed by atoms with Gasteiger partial charge in [-0.2, -0.15) is 0 Å². The molecule has 0 spiro atoms. The molecule has 3 heterocycles. The number of hydrogen-bond donors (Lipinski definition) is 1. The lowest BCUT2D eigenvalue weighted by atomic mass is 9.87. The molecule has 1 N–H and O–H groups in total. The number of hydrogen-bond acceptors (Lipinski definition) is 8. The molecule has 0 saturated carbocycles. The highest BCUT2D eigenvalue weighted by molar-refractivity contribution is 7.88. The minimum Gasteiger partial charge on any atom is -0.598 e. The summed E-state index contributed by atoms with van der Waals surface area (Å²) in [4.78, 5) is 19.3. The SMILES string of the molecule is Cc1ncc(C(C)(C)c2cc(NC(=O)C(C)(C)N(C)C3CCN([S+](C)[O-])CC3)on2)o1. The Morgan fingerprint density at radius 1 is 1.32 bits per heavy atom. The molecular formula is C21H33N5O4S. The number of oxazole rings is 1. The monoisotopic (exact) mass is 451 g/mol. The zero-order valence-electron chi connectivity index (χ0n) is 19.4. The smallest absolute Gasteiger partial charge is 0.246 e. The quantitative estimate of drug-likeness (QED) is 0.640. The lowest BCUT2D eigenvalue weighted by Gasteiger charge is -2.42. The number of rotatable bonds is 7. The molecule has 2 aromatic rings. The highest BCUT2D eigenvalue weighted by Gasteiger charge is 2.39. The van der Waals surface area contributed by atoms with Gasteiger partial charge in [-0.25, -0.2) is 4.98 Å².